The minimum atomic E-state index is -0.398. The zero-order chi connectivity index (χ0) is 18.8. The Morgan fingerprint density at radius 2 is 1.96 bits per heavy atom. The third-order valence-corrected chi connectivity index (χ3v) is 3.65. The van der Waals surface area contributed by atoms with E-state index in [-0.39, 0.29) is 5.69 Å². The molecule has 8 heteroatoms. The smallest absolute Gasteiger partial charge is 0.292 e. The van der Waals surface area contributed by atoms with Gasteiger partial charge in [-0.2, -0.15) is 0 Å². The Morgan fingerprint density at radius 1 is 1.15 bits per heavy atom. The van der Waals surface area contributed by atoms with E-state index in [0.717, 1.165) is 11.3 Å². The second-order valence-electron chi connectivity index (χ2n) is 5.41. The van der Waals surface area contributed by atoms with Crippen molar-refractivity contribution in [1.29, 1.82) is 0 Å². The maximum atomic E-state index is 11.0. The number of guanidine groups is 1. The number of anilines is 1. The molecule has 0 fully saturated rings. The number of aliphatic imine (C=N–C) groups is 1. The van der Waals surface area contributed by atoms with Gasteiger partial charge in [-0.3, -0.25) is 15.1 Å². The van der Waals surface area contributed by atoms with E-state index >= 15 is 0 Å². The van der Waals surface area contributed by atoms with E-state index in [2.05, 4.69) is 20.9 Å². The summed E-state index contributed by atoms with van der Waals surface area (Å²) in [5.41, 5.74) is 1.64. The normalized spacial score (nSPS) is 10.9. The summed E-state index contributed by atoms with van der Waals surface area (Å²) in [5, 5.41) is 20.4. The number of nitrogens with zero attached hydrogens (tertiary/aromatic N) is 2. The minimum absolute atomic E-state index is 0.0630. The third kappa shape index (κ3) is 5.66. The van der Waals surface area contributed by atoms with Crippen molar-refractivity contribution in [3.63, 3.8) is 0 Å². The van der Waals surface area contributed by atoms with E-state index < -0.39 is 4.92 Å². The number of para-hydroxylation sites is 2. The van der Waals surface area contributed by atoms with Gasteiger partial charge in [-0.1, -0.05) is 24.3 Å². The molecule has 0 aliphatic carbocycles. The van der Waals surface area contributed by atoms with Crippen LogP contribution in [-0.2, 0) is 6.54 Å². The molecule has 0 saturated carbocycles. The molecular formula is C18H23N5O3. The summed E-state index contributed by atoms with van der Waals surface area (Å²) in [6.45, 7) is 1.68. The van der Waals surface area contributed by atoms with E-state index in [1.165, 1.54) is 6.07 Å². The largest absolute Gasteiger partial charge is 0.497 e. The van der Waals surface area contributed by atoms with Crippen molar-refractivity contribution in [2.75, 3.05) is 32.6 Å². The van der Waals surface area contributed by atoms with Gasteiger partial charge in [-0.15, -0.1) is 0 Å². The molecule has 0 unspecified atom stereocenters. The van der Waals surface area contributed by atoms with Crippen LogP contribution in [0.25, 0.3) is 0 Å². The fraction of sp³-hybridized carbons (Fsp3) is 0.278. The lowest BCUT2D eigenvalue weighted by Crippen LogP contribution is -2.39. The van der Waals surface area contributed by atoms with Gasteiger partial charge in [-0.25, -0.2) is 0 Å². The fourth-order valence-electron chi connectivity index (χ4n) is 2.35. The lowest BCUT2D eigenvalue weighted by Gasteiger charge is -2.13. The van der Waals surface area contributed by atoms with Crippen LogP contribution in [0.5, 0.6) is 5.75 Å². The molecule has 3 N–H and O–H groups in total. The van der Waals surface area contributed by atoms with Crippen molar-refractivity contribution < 1.29 is 9.66 Å². The number of rotatable bonds is 8. The Morgan fingerprint density at radius 3 is 2.69 bits per heavy atom. The average molecular weight is 357 g/mol. The molecule has 0 saturated heterocycles. The second kappa shape index (κ2) is 9.87. The van der Waals surface area contributed by atoms with Gasteiger partial charge in [0, 0.05) is 32.7 Å². The van der Waals surface area contributed by atoms with Crippen LogP contribution in [0.15, 0.2) is 53.5 Å². The van der Waals surface area contributed by atoms with Gasteiger partial charge in [0.15, 0.2) is 5.96 Å². The summed E-state index contributed by atoms with van der Waals surface area (Å²) < 4.78 is 5.21. The first-order valence-corrected chi connectivity index (χ1v) is 8.18. The first-order chi connectivity index (χ1) is 12.6. The molecule has 0 amide bonds. The molecule has 2 aromatic carbocycles. The van der Waals surface area contributed by atoms with Crippen LogP contribution >= 0.6 is 0 Å². The average Bonchev–Trinajstić information content (AvgIpc) is 2.67. The zero-order valence-electron chi connectivity index (χ0n) is 14.9. The fourth-order valence-corrected chi connectivity index (χ4v) is 2.35. The highest BCUT2D eigenvalue weighted by molar-refractivity contribution is 5.79. The van der Waals surface area contributed by atoms with Crippen LogP contribution in [0.1, 0.15) is 5.56 Å². The van der Waals surface area contributed by atoms with Crippen LogP contribution < -0.4 is 20.7 Å². The quantitative estimate of drug-likeness (QED) is 0.220. The third-order valence-electron chi connectivity index (χ3n) is 3.65. The van der Waals surface area contributed by atoms with Gasteiger partial charge in [0.05, 0.1) is 12.0 Å². The molecule has 0 spiro atoms. The number of methoxy groups -OCH3 is 1. The molecule has 26 heavy (non-hydrogen) atoms. The molecule has 2 aromatic rings. The van der Waals surface area contributed by atoms with Gasteiger partial charge >= 0.3 is 0 Å². The van der Waals surface area contributed by atoms with E-state index in [4.69, 9.17) is 4.74 Å². The number of hydrogen-bond donors (Lipinski definition) is 3. The molecule has 0 aromatic heterocycles. The molecular weight excluding hydrogens is 334 g/mol. The van der Waals surface area contributed by atoms with Crippen molar-refractivity contribution in [2.24, 2.45) is 4.99 Å². The number of nitro benzene ring substituents is 1. The second-order valence-corrected chi connectivity index (χ2v) is 5.41. The van der Waals surface area contributed by atoms with Gasteiger partial charge in [0.2, 0.25) is 0 Å². The van der Waals surface area contributed by atoms with Crippen LogP contribution in [0.3, 0.4) is 0 Å². The predicted octanol–water partition coefficient (Wildman–Crippen LogP) is 2.38. The predicted molar refractivity (Wildman–Crippen MR) is 103 cm³/mol. The molecule has 0 radical (unpaired) electrons. The molecule has 138 valence electrons. The van der Waals surface area contributed by atoms with Crippen LogP contribution in [0.2, 0.25) is 0 Å². The van der Waals surface area contributed by atoms with E-state index in [9.17, 15) is 10.1 Å². The van der Waals surface area contributed by atoms with Gasteiger partial charge in [-0.05, 0) is 23.8 Å². The highest BCUT2D eigenvalue weighted by Gasteiger charge is 2.11. The molecule has 0 aliphatic rings. The lowest BCUT2D eigenvalue weighted by molar-refractivity contribution is -0.384. The molecule has 8 nitrogen and oxygen atoms in total. The minimum Gasteiger partial charge on any atom is -0.497 e. The number of hydrogen-bond acceptors (Lipinski definition) is 5. The Balaban J connectivity index is 1.78. The van der Waals surface area contributed by atoms with Crippen LogP contribution in [-0.4, -0.2) is 38.1 Å². The topological polar surface area (TPSA) is 101 Å². The Kier molecular flexibility index (Phi) is 7.23. The monoisotopic (exact) mass is 357 g/mol. The Bertz CT molecular complexity index is 764. The van der Waals surface area contributed by atoms with Crippen molar-refractivity contribution in [3.8, 4) is 5.75 Å². The summed E-state index contributed by atoms with van der Waals surface area (Å²) in [7, 11) is 3.33. The van der Waals surface area contributed by atoms with Crippen LogP contribution in [0, 0.1) is 10.1 Å². The summed E-state index contributed by atoms with van der Waals surface area (Å²) >= 11 is 0. The first-order valence-electron chi connectivity index (χ1n) is 8.18. The molecule has 2 rings (SSSR count). The molecule has 0 atom stereocenters. The maximum Gasteiger partial charge on any atom is 0.292 e. The van der Waals surface area contributed by atoms with E-state index in [0.29, 0.717) is 31.3 Å². The zero-order valence-corrected chi connectivity index (χ0v) is 14.9. The highest BCUT2D eigenvalue weighted by atomic mass is 16.6. The number of nitrogens with one attached hydrogen (secondary N) is 3. The van der Waals surface area contributed by atoms with Crippen molar-refractivity contribution >= 4 is 17.3 Å². The number of benzene rings is 2. The summed E-state index contributed by atoms with van der Waals surface area (Å²) in [6.07, 6.45) is 0. The van der Waals surface area contributed by atoms with Crippen molar-refractivity contribution in [3.05, 3.63) is 64.2 Å². The SMILES string of the molecule is CN=C(NCCNc1ccccc1[N+](=O)[O-])NCc1cccc(OC)c1. The Labute approximate surface area is 152 Å². The van der Waals surface area contributed by atoms with Gasteiger partial charge in [0.25, 0.3) is 5.69 Å². The van der Waals surface area contributed by atoms with Crippen LogP contribution in [0.4, 0.5) is 11.4 Å². The standard InChI is InChI=1S/C18H23N5O3/c1-19-18(22-13-14-6-5-7-15(12-14)26-2)21-11-10-20-16-8-3-4-9-17(16)23(24)25/h3-9,12,20H,10-11,13H2,1-2H3,(H2,19,21,22). The highest BCUT2D eigenvalue weighted by Crippen LogP contribution is 2.22. The summed E-state index contributed by atoms with van der Waals surface area (Å²) in [5.74, 6) is 1.46. The number of ether oxygens (including phenoxy) is 1. The van der Waals surface area contributed by atoms with E-state index in [1.807, 2.05) is 24.3 Å². The van der Waals surface area contributed by atoms with Crippen molar-refractivity contribution in [2.45, 2.75) is 6.54 Å². The Hall–Kier alpha value is -3.29. The maximum absolute atomic E-state index is 11.0. The van der Waals surface area contributed by atoms with E-state index in [1.54, 1.807) is 32.4 Å². The summed E-state index contributed by atoms with van der Waals surface area (Å²) in [4.78, 5) is 14.8. The van der Waals surface area contributed by atoms with Crippen molar-refractivity contribution in [1.82, 2.24) is 10.6 Å². The number of nitro groups is 1. The molecule has 0 heterocycles. The first kappa shape index (κ1) is 19.0. The molecule has 0 bridgehead atoms. The lowest BCUT2D eigenvalue weighted by atomic mass is 10.2. The molecule has 0 aliphatic heterocycles. The summed E-state index contributed by atoms with van der Waals surface area (Å²) in [6, 6.07) is 14.4. The van der Waals surface area contributed by atoms with Gasteiger partial charge in [0.1, 0.15) is 11.4 Å². The van der Waals surface area contributed by atoms with Gasteiger partial charge < -0.3 is 20.7 Å².